The van der Waals surface area contributed by atoms with Crippen LogP contribution < -0.4 is 10.5 Å². The van der Waals surface area contributed by atoms with Crippen molar-refractivity contribution in [1.82, 2.24) is 9.71 Å². The first kappa shape index (κ1) is 14.4. The summed E-state index contributed by atoms with van der Waals surface area (Å²) in [6.45, 7) is -0.0401. The first-order valence-electron chi connectivity index (χ1n) is 5.54. The number of aromatic nitrogens is 1. The summed E-state index contributed by atoms with van der Waals surface area (Å²) in [6.07, 6.45) is 3.00. The van der Waals surface area contributed by atoms with Gasteiger partial charge < -0.3 is 5.73 Å². The van der Waals surface area contributed by atoms with E-state index in [1.807, 2.05) is 0 Å². The number of nitrogens with one attached hydrogen (secondary N) is 1. The van der Waals surface area contributed by atoms with Crippen LogP contribution >= 0.6 is 0 Å². The van der Waals surface area contributed by atoms with Crippen LogP contribution in [0.4, 0.5) is 14.5 Å². The lowest BCUT2D eigenvalue weighted by Gasteiger charge is -2.09. The van der Waals surface area contributed by atoms with Gasteiger partial charge in [0.2, 0.25) is 10.0 Å². The second-order valence-corrected chi connectivity index (χ2v) is 5.69. The van der Waals surface area contributed by atoms with E-state index in [1.165, 1.54) is 12.4 Å². The monoisotopic (exact) mass is 299 g/mol. The Morgan fingerprint density at radius 1 is 1.15 bits per heavy atom. The lowest BCUT2D eigenvalue weighted by molar-refractivity contribution is 0.548. The molecule has 0 amide bonds. The molecule has 20 heavy (non-hydrogen) atoms. The van der Waals surface area contributed by atoms with Gasteiger partial charge in [-0.15, -0.1) is 0 Å². The van der Waals surface area contributed by atoms with Crippen LogP contribution in [-0.4, -0.2) is 13.4 Å². The highest BCUT2D eigenvalue weighted by atomic mass is 32.2. The van der Waals surface area contributed by atoms with E-state index in [2.05, 4.69) is 9.71 Å². The minimum Gasteiger partial charge on any atom is -0.394 e. The summed E-state index contributed by atoms with van der Waals surface area (Å²) in [5.74, 6) is -2.30. The van der Waals surface area contributed by atoms with Gasteiger partial charge in [-0.25, -0.2) is 21.9 Å². The minimum atomic E-state index is -4.12. The summed E-state index contributed by atoms with van der Waals surface area (Å²) < 4.78 is 52.8. The molecule has 0 saturated heterocycles. The number of pyridine rings is 1. The first-order valence-corrected chi connectivity index (χ1v) is 7.02. The highest BCUT2D eigenvalue weighted by Gasteiger charge is 2.22. The summed E-state index contributed by atoms with van der Waals surface area (Å²) in [4.78, 5) is 3.10. The maximum atomic E-state index is 13.7. The Bertz CT molecular complexity index is 721. The number of rotatable bonds is 4. The van der Waals surface area contributed by atoms with Gasteiger partial charge in [-0.2, -0.15) is 0 Å². The number of nitrogens with two attached hydrogens (primary N) is 1. The van der Waals surface area contributed by atoms with Crippen molar-refractivity contribution in [3.05, 3.63) is 53.9 Å². The highest BCUT2D eigenvalue weighted by molar-refractivity contribution is 7.89. The number of hydrogen-bond donors (Lipinski definition) is 2. The molecule has 2 rings (SSSR count). The van der Waals surface area contributed by atoms with E-state index in [1.54, 1.807) is 12.1 Å². The van der Waals surface area contributed by atoms with E-state index in [0.29, 0.717) is 5.56 Å². The van der Waals surface area contributed by atoms with Crippen molar-refractivity contribution in [2.75, 3.05) is 5.73 Å². The molecule has 0 radical (unpaired) electrons. The SMILES string of the molecule is Nc1c(F)ccc(S(=O)(=O)NCc2ccncc2)c1F. The molecule has 0 aliphatic rings. The fraction of sp³-hybridized carbons (Fsp3) is 0.0833. The van der Waals surface area contributed by atoms with E-state index in [-0.39, 0.29) is 6.54 Å². The molecular formula is C12H11F2N3O2S. The predicted molar refractivity (Wildman–Crippen MR) is 69.0 cm³/mol. The van der Waals surface area contributed by atoms with Gasteiger partial charge in [0.25, 0.3) is 0 Å². The van der Waals surface area contributed by atoms with E-state index in [9.17, 15) is 17.2 Å². The lowest BCUT2D eigenvalue weighted by Crippen LogP contribution is -2.24. The van der Waals surface area contributed by atoms with Gasteiger partial charge in [-0.05, 0) is 29.8 Å². The molecule has 3 N–H and O–H groups in total. The molecule has 0 fully saturated rings. The van der Waals surface area contributed by atoms with Crippen LogP contribution in [0.25, 0.3) is 0 Å². The number of anilines is 1. The van der Waals surface area contributed by atoms with Crippen LogP contribution in [-0.2, 0) is 16.6 Å². The number of nitrogen functional groups attached to an aromatic ring is 1. The van der Waals surface area contributed by atoms with Gasteiger partial charge in [0, 0.05) is 18.9 Å². The largest absolute Gasteiger partial charge is 0.394 e. The van der Waals surface area contributed by atoms with Crippen molar-refractivity contribution < 1.29 is 17.2 Å². The molecule has 0 atom stereocenters. The molecule has 1 aromatic carbocycles. The zero-order chi connectivity index (χ0) is 14.8. The Labute approximate surface area is 114 Å². The molecule has 0 aliphatic heterocycles. The summed E-state index contributed by atoms with van der Waals surface area (Å²) >= 11 is 0. The average molecular weight is 299 g/mol. The van der Waals surface area contributed by atoms with Gasteiger partial charge >= 0.3 is 0 Å². The van der Waals surface area contributed by atoms with Crippen LogP contribution in [0.15, 0.2) is 41.6 Å². The van der Waals surface area contributed by atoms with Gasteiger partial charge in [0.1, 0.15) is 16.4 Å². The molecule has 1 heterocycles. The van der Waals surface area contributed by atoms with Crippen molar-refractivity contribution in [1.29, 1.82) is 0 Å². The van der Waals surface area contributed by atoms with Gasteiger partial charge in [0.05, 0.1) is 0 Å². The van der Waals surface area contributed by atoms with Crippen molar-refractivity contribution in [3.8, 4) is 0 Å². The third-order valence-corrected chi connectivity index (χ3v) is 4.02. The molecule has 1 aromatic heterocycles. The number of benzene rings is 1. The fourth-order valence-electron chi connectivity index (χ4n) is 1.51. The molecule has 106 valence electrons. The standard InChI is InChI=1S/C12H11F2N3O2S/c13-9-1-2-10(11(14)12(9)15)20(18,19)17-7-8-3-5-16-6-4-8/h1-6,17H,7,15H2. The maximum absolute atomic E-state index is 13.7. The molecule has 0 spiro atoms. The molecule has 0 bridgehead atoms. The first-order chi connectivity index (χ1) is 9.42. The van der Waals surface area contributed by atoms with E-state index in [4.69, 9.17) is 5.73 Å². The highest BCUT2D eigenvalue weighted by Crippen LogP contribution is 2.22. The summed E-state index contributed by atoms with van der Waals surface area (Å²) in [6, 6.07) is 4.85. The molecule has 8 heteroatoms. The summed E-state index contributed by atoms with van der Waals surface area (Å²) in [7, 11) is -4.12. The smallest absolute Gasteiger partial charge is 0.243 e. The minimum absolute atomic E-state index is 0.0401. The van der Waals surface area contributed by atoms with Gasteiger partial charge in [0.15, 0.2) is 5.82 Å². The van der Waals surface area contributed by atoms with Crippen LogP contribution in [0.1, 0.15) is 5.56 Å². The Kier molecular flexibility index (Phi) is 3.96. The number of halogens is 2. The predicted octanol–water partition coefficient (Wildman–Crippen LogP) is 1.42. The Morgan fingerprint density at radius 3 is 2.45 bits per heavy atom. The number of sulfonamides is 1. The van der Waals surface area contributed by atoms with E-state index >= 15 is 0 Å². The third kappa shape index (κ3) is 2.91. The maximum Gasteiger partial charge on any atom is 0.243 e. The van der Waals surface area contributed by atoms with Gasteiger partial charge in [-0.1, -0.05) is 0 Å². The molecule has 2 aromatic rings. The van der Waals surface area contributed by atoms with Crippen LogP contribution in [0, 0.1) is 11.6 Å². The Morgan fingerprint density at radius 2 is 1.80 bits per heavy atom. The quantitative estimate of drug-likeness (QED) is 0.836. The Balaban J connectivity index is 2.25. The van der Waals surface area contributed by atoms with Crippen LogP contribution in [0.2, 0.25) is 0 Å². The summed E-state index contributed by atoms with van der Waals surface area (Å²) in [5.41, 5.74) is 4.97. The van der Waals surface area contributed by atoms with E-state index < -0.39 is 32.2 Å². The fourth-order valence-corrected chi connectivity index (χ4v) is 2.62. The van der Waals surface area contributed by atoms with Crippen molar-refractivity contribution in [3.63, 3.8) is 0 Å². The zero-order valence-electron chi connectivity index (χ0n) is 10.2. The van der Waals surface area contributed by atoms with Crippen molar-refractivity contribution >= 4 is 15.7 Å². The molecule has 0 saturated carbocycles. The van der Waals surface area contributed by atoms with Crippen molar-refractivity contribution in [2.45, 2.75) is 11.4 Å². The van der Waals surface area contributed by atoms with Gasteiger partial charge in [-0.3, -0.25) is 4.98 Å². The summed E-state index contributed by atoms with van der Waals surface area (Å²) in [5, 5.41) is 0. The molecule has 0 aliphatic carbocycles. The van der Waals surface area contributed by atoms with Crippen LogP contribution in [0.5, 0.6) is 0 Å². The lowest BCUT2D eigenvalue weighted by atomic mass is 10.3. The third-order valence-electron chi connectivity index (χ3n) is 2.60. The van der Waals surface area contributed by atoms with E-state index in [0.717, 1.165) is 12.1 Å². The van der Waals surface area contributed by atoms with Crippen molar-refractivity contribution in [2.24, 2.45) is 0 Å². The Hall–Kier alpha value is -2.06. The number of hydrogen-bond acceptors (Lipinski definition) is 4. The second-order valence-electron chi connectivity index (χ2n) is 3.95. The average Bonchev–Trinajstić information content (AvgIpc) is 2.44. The van der Waals surface area contributed by atoms with Crippen LogP contribution in [0.3, 0.4) is 0 Å². The number of nitrogens with zero attached hydrogens (tertiary/aromatic N) is 1. The molecular weight excluding hydrogens is 288 g/mol. The topological polar surface area (TPSA) is 85.1 Å². The normalized spacial score (nSPS) is 11.5. The molecule has 5 nitrogen and oxygen atoms in total. The second kappa shape index (κ2) is 5.51. The zero-order valence-corrected chi connectivity index (χ0v) is 11.0. The molecule has 0 unspecified atom stereocenters.